The summed E-state index contributed by atoms with van der Waals surface area (Å²) in [5.74, 6) is 0. The van der Waals surface area contributed by atoms with Crippen LogP contribution in [0.3, 0.4) is 0 Å². The van der Waals surface area contributed by atoms with Crippen molar-refractivity contribution < 1.29 is 38.7 Å². The third kappa shape index (κ3) is 53.1. The average Bonchev–Trinajstić information content (AvgIpc) is 2.24. The van der Waals surface area contributed by atoms with Crippen LogP contribution in [0.15, 0.2) is 0 Å². The monoisotopic (exact) mass is 494 g/mol. The van der Waals surface area contributed by atoms with Crippen molar-refractivity contribution in [2.75, 3.05) is 28.2 Å². The van der Waals surface area contributed by atoms with E-state index in [9.17, 15) is 0 Å². The molecular formula is C10H22Mo2N2S4-4. The van der Waals surface area contributed by atoms with Crippen LogP contribution in [0.5, 0.6) is 0 Å². The van der Waals surface area contributed by atoms with Gasteiger partial charge >= 0.3 is 48.5 Å². The second-order valence-electron chi connectivity index (χ2n) is 2.32. The van der Waals surface area contributed by atoms with E-state index in [0.717, 1.165) is 0 Å². The van der Waals surface area contributed by atoms with Crippen LogP contribution in [0.2, 0.25) is 0 Å². The van der Waals surface area contributed by atoms with E-state index in [1.54, 1.807) is 48.5 Å². The molecule has 0 aromatic carbocycles. The second-order valence-corrected chi connectivity index (χ2v) is 4.38. The van der Waals surface area contributed by atoms with E-state index >= 15 is 0 Å². The van der Waals surface area contributed by atoms with E-state index < -0.39 is 0 Å². The molecule has 0 radical (unpaired) electrons. The minimum Gasteiger partial charge on any atom is -0.358 e. The van der Waals surface area contributed by atoms with E-state index in [1.807, 2.05) is 28.2 Å². The molecule has 112 valence electrons. The third-order valence-electron chi connectivity index (χ3n) is 0.730. The molecule has 0 aromatic heterocycles. The average molecular weight is 490 g/mol. The maximum Gasteiger partial charge on any atom is -0.358 e. The summed E-state index contributed by atoms with van der Waals surface area (Å²) in [5, 5.41) is 0. The van der Waals surface area contributed by atoms with Crippen molar-refractivity contribution in [2.45, 2.75) is 0 Å². The summed E-state index contributed by atoms with van der Waals surface area (Å²) in [6, 6.07) is 0. The summed E-state index contributed by atoms with van der Waals surface area (Å²) in [6.07, 6.45) is 0. The van der Waals surface area contributed by atoms with Crippen LogP contribution in [0.1, 0.15) is 0 Å². The van der Waals surface area contributed by atoms with Gasteiger partial charge in [0, 0.05) is 28.2 Å². The molecule has 0 N–H and O–H groups in total. The van der Waals surface area contributed by atoms with Gasteiger partial charge in [-0.2, -0.15) is 0 Å². The zero-order valence-corrected chi connectivity index (χ0v) is 19.0. The van der Waals surface area contributed by atoms with Crippen molar-refractivity contribution in [2.24, 2.45) is 0 Å². The van der Waals surface area contributed by atoms with Gasteiger partial charge < -0.3 is 74.3 Å². The first kappa shape index (κ1) is 36.6. The molecule has 0 heterocycles. The first-order chi connectivity index (χ1) is 7.29. The van der Waals surface area contributed by atoms with Crippen molar-refractivity contribution in [3.8, 4) is 0 Å². The molecule has 0 aliphatic heterocycles. The third-order valence-corrected chi connectivity index (χ3v) is 2.19. The predicted molar refractivity (Wildman–Crippen MR) is 94.4 cm³/mol. The minimum atomic E-state index is 0. The summed E-state index contributed by atoms with van der Waals surface area (Å²) in [5.41, 5.74) is 0. The van der Waals surface area contributed by atoms with Gasteiger partial charge in [0.2, 0.25) is 0 Å². The van der Waals surface area contributed by atoms with Crippen LogP contribution in [-0.4, -0.2) is 56.4 Å². The van der Waals surface area contributed by atoms with Gasteiger partial charge in [-0.15, -0.1) is 0 Å². The first-order valence-corrected chi connectivity index (χ1v) is 8.10. The molecule has 0 fully saturated rings. The van der Waals surface area contributed by atoms with Crippen LogP contribution in [-0.2, 0) is 64.0 Å². The van der Waals surface area contributed by atoms with Crippen molar-refractivity contribution in [3.63, 3.8) is 0 Å². The van der Waals surface area contributed by atoms with Gasteiger partial charge in [0.25, 0.3) is 0 Å². The number of rotatable bonds is 0. The van der Waals surface area contributed by atoms with Crippen LogP contribution < -0.4 is 0 Å². The minimum absolute atomic E-state index is 0. The van der Waals surface area contributed by atoms with E-state index in [2.05, 4.69) is 59.5 Å². The van der Waals surface area contributed by atoms with E-state index in [0.29, 0.717) is 8.64 Å². The molecule has 0 rings (SSSR count). The Labute approximate surface area is 158 Å². The van der Waals surface area contributed by atoms with Gasteiger partial charge in [0.15, 0.2) is 0 Å². The summed E-state index contributed by atoms with van der Waals surface area (Å²) < 4.78 is 1.02. The molecule has 0 saturated heterocycles. The summed E-state index contributed by atoms with van der Waals surface area (Å²) >= 11 is 21.6. The molecule has 0 aromatic rings. The molecule has 0 saturated carbocycles. The number of hydrogen-bond donors (Lipinski definition) is 0. The first-order valence-electron chi connectivity index (χ1n) is 3.63. The van der Waals surface area contributed by atoms with Gasteiger partial charge in [-0.05, 0) is 0 Å². The Bertz CT molecular complexity index is 171. The maximum atomic E-state index is 4.56. The fourth-order valence-electron chi connectivity index (χ4n) is 0. The summed E-state index contributed by atoms with van der Waals surface area (Å²) in [6.45, 7) is 0. The Morgan fingerprint density at radius 1 is 0.778 bits per heavy atom. The van der Waals surface area contributed by atoms with Crippen molar-refractivity contribution in [1.29, 1.82) is 0 Å². The van der Waals surface area contributed by atoms with Gasteiger partial charge in [0.05, 0.1) is 0 Å². The molecule has 2 nitrogen and oxygen atoms in total. The molecule has 0 atom stereocenters. The molecular weight excluding hydrogens is 468 g/mol. The van der Waals surface area contributed by atoms with Crippen molar-refractivity contribution in [3.05, 3.63) is 14.9 Å². The molecule has 0 aliphatic carbocycles. The maximum absolute atomic E-state index is 4.56. The van der Waals surface area contributed by atoms with Gasteiger partial charge in [-0.25, -0.2) is 0 Å². The Hall–Kier alpha value is 1.34. The molecule has 0 amide bonds. The Morgan fingerprint density at radius 2 is 0.833 bits per heavy atom. The molecule has 8 heteroatoms. The van der Waals surface area contributed by atoms with Gasteiger partial charge in [-0.1, -0.05) is 8.64 Å². The molecule has 18 heavy (non-hydrogen) atoms. The Morgan fingerprint density at radius 3 is 0.833 bits per heavy atom. The number of thiocarbonyl (C=S) groups is 2. The van der Waals surface area contributed by atoms with Gasteiger partial charge in [0.1, 0.15) is 0 Å². The second kappa shape index (κ2) is 31.0. The van der Waals surface area contributed by atoms with Crippen molar-refractivity contribution >= 4 is 68.1 Å². The van der Waals surface area contributed by atoms with Gasteiger partial charge in [-0.3, -0.25) is 0 Å². The van der Waals surface area contributed by atoms with E-state index in [1.165, 1.54) is 0 Å². The number of hydrogen-bond acceptors (Lipinski definition) is 4. The van der Waals surface area contributed by atoms with E-state index in [-0.39, 0.29) is 14.9 Å². The topological polar surface area (TPSA) is 6.48 Å². The molecule has 0 aliphatic rings. The summed E-state index contributed by atoms with van der Waals surface area (Å²) in [4.78, 5) is 9.95. The SMILES string of the molecule is CN(C)C(=S)[S-].CN(C)C(=S)[S-].[CH2]=[Mo].[CH2]=[Mo].[CH3-].[CH3-]. The van der Waals surface area contributed by atoms with Crippen LogP contribution in [0, 0.1) is 14.9 Å². The number of nitrogens with zero attached hydrogens (tertiary/aromatic N) is 2. The predicted octanol–water partition coefficient (Wildman–Crippen LogP) is 1.59. The zero-order valence-electron chi connectivity index (χ0n) is 11.8. The zero-order chi connectivity index (χ0) is 14.3. The summed E-state index contributed by atoms with van der Waals surface area (Å²) in [7, 11) is 7.31. The van der Waals surface area contributed by atoms with Crippen LogP contribution in [0.4, 0.5) is 0 Å². The Balaban J connectivity index is -0.0000000287. The van der Waals surface area contributed by atoms with E-state index in [4.69, 9.17) is 0 Å². The molecule has 0 spiro atoms. The molecule has 0 unspecified atom stereocenters. The van der Waals surface area contributed by atoms with Crippen LogP contribution in [0.25, 0.3) is 0 Å². The largest absolute Gasteiger partial charge is 0.358 e. The Kier molecular flexibility index (Phi) is 62.9. The van der Waals surface area contributed by atoms with Crippen LogP contribution >= 0.6 is 24.4 Å². The quantitative estimate of drug-likeness (QED) is 0.219. The normalized spacial score (nSPS) is 5.56. The fraction of sp³-hybridized carbons (Fsp3) is 0.400. The smallest absolute Gasteiger partial charge is 0.358 e. The van der Waals surface area contributed by atoms with Crippen molar-refractivity contribution in [1.82, 2.24) is 9.80 Å². The standard InChI is InChI=1S/2C3H7NS2.2CH3.2CH2.2Mo/c2*1-4(2)3(5)6;;;;;;/h2*1-2H3,(H,5,6);2*1H3;2*1H2;;/q;;2*-1;;;;/p-2. The molecule has 0 bridgehead atoms. The fourth-order valence-corrected chi connectivity index (χ4v) is 0.